The topological polar surface area (TPSA) is 70.2 Å². The van der Waals surface area contributed by atoms with Gasteiger partial charge in [-0.25, -0.2) is 0 Å². The van der Waals surface area contributed by atoms with Crippen LogP contribution in [0.25, 0.3) is 0 Å². The van der Waals surface area contributed by atoms with Crippen molar-refractivity contribution >= 4 is 44.8 Å². The molecule has 0 bridgehead atoms. The molecule has 0 saturated carbocycles. The third kappa shape index (κ3) is 5.69. The summed E-state index contributed by atoms with van der Waals surface area (Å²) in [6.07, 6.45) is 0. The largest absolute Gasteiger partial charge is 0.356 e. The summed E-state index contributed by atoms with van der Waals surface area (Å²) in [7, 11) is 0. The molecule has 0 atom stereocenters. The first-order valence-electron chi connectivity index (χ1n) is 8.36. The lowest BCUT2D eigenvalue weighted by molar-refractivity contribution is -0.115. The molecule has 0 aromatic heterocycles. The van der Waals surface area contributed by atoms with Crippen molar-refractivity contribution in [3.8, 4) is 0 Å². The first kappa shape index (κ1) is 18.7. The second-order valence-electron chi connectivity index (χ2n) is 5.81. The highest BCUT2D eigenvalue weighted by molar-refractivity contribution is 9.10. The fourth-order valence-corrected chi connectivity index (χ4v) is 2.82. The van der Waals surface area contributed by atoms with Gasteiger partial charge in [-0.3, -0.25) is 9.59 Å². The van der Waals surface area contributed by atoms with Gasteiger partial charge in [0, 0.05) is 27.1 Å². The average Bonchev–Trinajstić information content (AvgIpc) is 2.68. The molecule has 3 aromatic carbocycles. The Hall–Kier alpha value is -3.12. The molecule has 3 N–H and O–H groups in total. The van der Waals surface area contributed by atoms with Gasteiger partial charge in [0.15, 0.2) is 0 Å². The summed E-state index contributed by atoms with van der Waals surface area (Å²) in [5.41, 5.74) is 3.07. The van der Waals surface area contributed by atoms with E-state index in [1.807, 2.05) is 48.5 Å². The van der Waals surface area contributed by atoms with Crippen LogP contribution in [0.1, 0.15) is 10.4 Å². The van der Waals surface area contributed by atoms with E-state index in [0.717, 1.165) is 15.8 Å². The molecule has 0 spiro atoms. The van der Waals surface area contributed by atoms with Gasteiger partial charge in [-0.15, -0.1) is 0 Å². The van der Waals surface area contributed by atoms with Crippen LogP contribution in [0.4, 0.5) is 17.1 Å². The van der Waals surface area contributed by atoms with Crippen LogP contribution in [-0.4, -0.2) is 18.4 Å². The minimum atomic E-state index is -0.297. The highest BCUT2D eigenvalue weighted by atomic mass is 79.9. The van der Waals surface area contributed by atoms with Crippen LogP contribution < -0.4 is 16.0 Å². The van der Waals surface area contributed by atoms with Crippen molar-refractivity contribution in [2.75, 3.05) is 17.2 Å². The molecule has 27 heavy (non-hydrogen) atoms. The number of para-hydroxylation sites is 1. The summed E-state index contributed by atoms with van der Waals surface area (Å²) in [6, 6.07) is 24.2. The van der Waals surface area contributed by atoms with E-state index in [4.69, 9.17) is 0 Å². The van der Waals surface area contributed by atoms with Crippen molar-refractivity contribution in [3.05, 3.63) is 88.9 Å². The molecule has 3 aromatic rings. The summed E-state index contributed by atoms with van der Waals surface area (Å²) in [5, 5.41) is 8.64. The molecule has 0 radical (unpaired) electrons. The van der Waals surface area contributed by atoms with Crippen LogP contribution in [0.2, 0.25) is 0 Å². The Morgan fingerprint density at radius 1 is 0.778 bits per heavy atom. The number of benzene rings is 3. The Morgan fingerprint density at radius 3 is 2.15 bits per heavy atom. The molecule has 136 valence electrons. The maximum absolute atomic E-state index is 12.1. The molecule has 0 saturated heterocycles. The molecule has 6 heteroatoms. The van der Waals surface area contributed by atoms with E-state index in [1.165, 1.54) is 0 Å². The Morgan fingerprint density at radius 2 is 1.44 bits per heavy atom. The van der Waals surface area contributed by atoms with E-state index in [2.05, 4.69) is 31.9 Å². The number of hydrogen-bond acceptors (Lipinski definition) is 3. The number of anilines is 3. The van der Waals surface area contributed by atoms with E-state index in [9.17, 15) is 9.59 Å². The number of rotatable bonds is 6. The lowest BCUT2D eigenvalue weighted by atomic mass is 10.2. The molecule has 0 heterocycles. The van der Waals surface area contributed by atoms with Gasteiger partial charge in [0.05, 0.1) is 6.54 Å². The van der Waals surface area contributed by atoms with Gasteiger partial charge in [0.1, 0.15) is 0 Å². The Labute approximate surface area is 165 Å². The fourth-order valence-electron chi connectivity index (χ4n) is 2.42. The van der Waals surface area contributed by atoms with Crippen molar-refractivity contribution in [1.29, 1.82) is 0 Å². The standard InChI is InChI=1S/C21H18BrN3O2/c22-16-6-4-5-15(13-16)21(27)23-14-20(26)25-19-11-9-18(10-12-19)24-17-7-2-1-3-8-17/h1-13,24H,14H2,(H,23,27)(H,25,26). The summed E-state index contributed by atoms with van der Waals surface area (Å²) in [4.78, 5) is 24.1. The second-order valence-corrected chi connectivity index (χ2v) is 6.73. The zero-order valence-corrected chi connectivity index (χ0v) is 16.0. The summed E-state index contributed by atoms with van der Waals surface area (Å²) in [6.45, 7) is -0.102. The third-order valence-electron chi connectivity index (χ3n) is 3.73. The number of amides is 2. The molecular formula is C21H18BrN3O2. The minimum absolute atomic E-state index is 0.102. The minimum Gasteiger partial charge on any atom is -0.356 e. The number of halogens is 1. The zero-order valence-electron chi connectivity index (χ0n) is 14.4. The quantitative estimate of drug-likeness (QED) is 0.543. The smallest absolute Gasteiger partial charge is 0.251 e. The number of hydrogen-bond donors (Lipinski definition) is 3. The highest BCUT2D eigenvalue weighted by Crippen LogP contribution is 2.18. The molecule has 2 amide bonds. The van der Waals surface area contributed by atoms with Gasteiger partial charge >= 0.3 is 0 Å². The van der Waals surface area contributed by atoms with E-state index in [1.54, 1.807) is 30.3 Å². The van der Waals surface area contributed by atoms with Crippen molar-refractivity contribution in [2.24, 2.45) is 0 Å². The summed E-state index contributed by atoms with van der Waals surface area (Å²) < 4.78 is 0.809. The molecule has 3 rings (SSSR count). The van der Waals surface area contributed by atoms with E-state index < -0.39 is 0 Å². The van der Waals surface area contributed by atoms with Crippen LogP contribution in [0.15, 0.2) is 83.3 Å². The van der Waals surface area contributed by atoms with Gasteiger partial charge in [-0.2, -0.15) is 0 Å². The zero-order chi connectivity index (χ0) is 19.1. The lowest BCUT2D eigenvalue weighted by Crippen LogP contribution is -2.32. The maximum Gasteiger partial charge on any atom is 0.251 e. The Kier molecular flexibility index (Phi) is 6.22. The van der Waals surface area contributed by atoms with Crippen LogP contribution in [-0.2, 0) is 4.79 Å². The third-order valence-corrected chi connectivity index (χ3v) is 4.22. The normalized spacial score (nSPS) is 10.1. The predicted molar refractivity (Wildman–Crippen MR) is 111 cm³/mol. The van der Waals surface area contributed by atoms with Crippen molar-refractivity contribution in [1.82, 2.24) is 5.32 Å². The van der Waals surface area contributed by atoms with Crippen molar-refractivity contribution < 1.29 is 9.59 Å². The molecule has 0 aliphatic heterocycles. The molecule has 5 nitrogen and oxygen atoms in total. The first-order chi connectivity index (χ1) is 13.1. The maximum atomic E-state index is 12.1. The highest BCUT2D eigenvalue weighted by Gasteiger charge is 2.08. The molecule has 0 aliphatic rings. The fraction of sp³-hybridized carbons (Fsp3) is 0.0476. The van der Waals surface area contributed by atoms with E-state index in [-0.39, 0.29) is 18.4 Å². The van der Waals surface area contributed by atoms with E-state index in [0.29, 0.717) is 11.3 Å². The van der Waals surface area contributed by atoms with Crippen LogP contribution in [0, 0.1) is 0 Å². The average molecular weight is 424 g/mol. The monoisotopic (exact) mass is 423 g/mol. The van der Waals surface area contributed by atoms with Gasteiger partial charge in [-0.05, 0) is 54.6 Å². The number of nitrogens with one attached hydrogen (secondary N) is 3. The van der Waals surface area contributed by atoms with Gasteiger partial charge in [-0.1, -0.05) is 40.2 Å². The van der Waals surface area contributed by atoms with Crippen LogP contribution in [0.5, 0.6) is 0 Å². The molecular weight excluding hydrogens is 406 g/mol. The van der Waals surface area contributed by atoms with Crippen molar-refractivity contribution in [3.63, 3.8) is 0 Å². The lowest BCUT2D eigenvalue weighted by Gasteiger charge is -2.09. The Balaban J connectivity index is 1.50. The first-order valence-corrected chi connectivity index (χ1v) is 9.15. The van der Waals surface area contributed by atoms with Gasteiger partial charge < -0.3 is 16.0 Å². The summed E-state index contributed by atoms with van der Waals surface area (Å²) in [5.74, 6) is -0.587. The van der Waals surface area contributed by atoms with Gasteiger partial charge in [0.2, 0.25) is 5.91 Å². The number of carbonyl (C=O) groups is 2. The van der Waals surface area contributed by atoms with Gasteiger partial charge in [0.25, 0.3) is 5.91 Å². The van der Waals surface area contributed by atoms with Crippen LogP contribution >= 0.6 is 15.9 Å². The van der Waals surface area contributed by atoms with E-state index >= 15 is 0 Å². The molecule has 0 aliphatic carbocycles. The molecule has 0 fully saturated rings. The number of carbonyl (C=O) groups excluding carboxylic acids is 2. The van der Waals surface area contributed by atoms with Crippen LogP contribution in [0.3, 0.4) is 0 Å². The van der Waals surface area contributed by atoms with Crippen molar-refractivity contribution in [2.45, 2.75) is 0 Å². The summed E-state index contributed by atoms with van der Waals surface area (Å²) >= 11 is 3.32. The Bertz CT molecular complexity index is 928. The second kappa shape index (κ2) is 9.00. The SMILES string of the molecule is O=C(CNC(=O)c1cccc(Br)c1)Nc1ccc(Nc2ccccc2)cc1. The predicted octanol–water partition coefficient (Wildman–Crippen LogP) is 4.56. The molecule has 0 unspecified atom stereocenters.